The van der Waals surface area contributed by atoms with Crippen molar-refractivity contribution in [3.63, 3.8) is 0 Å². The Balaban J connectivity index is 1.51. The van der Waals surface area contributed by atoms with Crippen molar-refractivity contribution in [3.8, 4) is 0 Å². The lowest BCUT2D eigenvalue weighted by molar-refractivity contribution is -0.128. The summed E-state index contributed by atoms with van der Waals surface area (Å²) in [5.74, 6) is -1.04. The molecule has 4 atom stereocenters. The van der Waals surface area contributed by atoms with Crippen molar-refractivity contribution >= 4 is 5.91 Å². The summed E-state index contributed by atoms with van der Waals surface area (Å²) in [5, 5.41) is 13.3. The Morgan fingerprint density at radius 1 is 1.03 bits per heavy atom. The van der Waals surface area contributed by atoms with Crippen LogP contribution in [0, 0.1) is 17.7 Å². The van der Waals surface area contributed by atoms with E-state index in [4.69, 9.17) is 0 Å². The van der Waals surface area contributed by atoms with E-state index in [2.05, 4.69) is 5.32 Å². The smallest absolute Gasteiger partial charge is 0.250 e. The molecule has 1 amide bonds. The molecule has 1 saturated heterocycles. The number of aromatic nitrogens is 1. The highest BCUT2D eigenvalue weighted by Gasteiger charge is 2.55. The molecule has 0 radical (unpaired) electrons. The topological polar surface area (TPSA) is 74.6 Å². The lowest BCUT2D eigenvalue weighted by Gasteiger charge is -2.31. The fourth-order valence-electron chi connectivity index (χ4n) is 5.45. The van der Waals surface area contributed by atoms with Crippen LogP contribution in [0.15, 0.2) is 77.6 Å². The number of nitrogens with one attached hydrogen (secondary N) is 1. The summed E-state index contributed by atoms with van der Waals surface area (Å²) in [4.78, 5) is 27.9. The van der Waals surface area contributed by atoms with E-state index in [1.807, 2.05) is 41.3 Å². The molecule has 5 rings (SSSR count). The number of benzene rings is 2. The zero-order valence-corrected chi connectivity index (χ0v) is 18.1. The highest BCUT2D eigenvalue weighted by Crippen LogP contribution is 2.49. The minimum Gasteiger partial charge on any atom is -0.396 e. The number of amides is 1. The summed E-state index contributed by atoms with van der Waals surface area (Å²) < 4.78 is 16.3. The zero-order chi connectivity index (χ0) is 22.9. The number of rotatable bonds is 6. The molecule has 33 heavy (non-hydrogen) atoms. The molecule has 6 nitrogen and oxygen atoms in total. The predicted molar refractivity (Wildman–Crippen MR) is 122 cm³/mol. The van der Waals surface area contributed by atoms with E-state index in [0.717, 1.165) is 11.3 Å². The molecule has 2 aliphatic rings. The minimum absolute atomic E-state index is 0.102. The van der Waals surface area contributed by atoms with E-state index in [0.29, 0.717) is 18.7 Å². The van der Waals surface area contributed by atoms with E-state index in [1.54, 1.807) is 28.8 Å². The molecule has 2 N–H and O–H groups in total. The first kappa shape index (κ1) is 21.6. The Morgan fingerprint density at radius 3 is 2.55 bits per heavy atom. The summed E-state index contributed by atoms with van der Waals surface area (Å²) in [7, 11) is 0. The maximum absolute atomic E-state index is 14.6. The van der Waals surface area contributed by atoms with Gasteiger partial charge in [0.2, 0.25) is 5.91 Å². The average Bonchev–Trinajstić information content (AvgIpc) is 3.35. The quantitative estimate of drug-likeness (QED) is 0.609. The van der Waals surface area contributed by atoms with Crippen molar-refractivity contribution in [3.05, 3.63) is 106 Å². The molecule has 1 aromatic heterocycles. The monoisotopic (exact) mass is 447 g/mol. The first-order valence-electron chi connectivity index (χ1n) is 11.2. The van der Waals surface area contributed by atoms with Gasteiger partial charge in [0.25, 0.3) is 5.56 Å². The summed E-state index contributed by atoms with van der Waals surface area (Å²) in [6.07, 6.45) is 0. The second-order valence-corrected chi connectivity index (χ2v) is 8.77. The van der Waals surface area contributed by atoms with Crippen LogP contribution in [0.5, 0.6) is 0 Å². The van der Waals surface area contributed by atoms with Gasteiger partial charge in [-0.15, -0.1) is 0 Å². The number of halogens is 1. The van der Waals surface area contributed by atoms with Crippen molar-refractivity contribution in [2.45, 2.75) is 31.7 Å². The maximum Gasteiger partial charge on any atom is 0.250 e. The van der Waals surface area contributed by atoms with Gasteiger partial charge in [-0.3, -0.25) is 14.5 Å². The second kappa shape index (κ2) is 8.92. The number of nitrogens with zero attached hydrogens (tertiary/aromatic N) is 2. The number of hydrogen-bond donors (Lipinski definition) is 2. The first-order valence-corrected chi connectivity index (χ1v) is 11.2. The Hall–Kier alpha value is -3.29. The largest absolute Gasteiger partial charge is 0.396 e. The number of aliphatic hydroxyl groups excluding tert-OH is 1. The summed E-state index contributed by atoms with van der Waals surface area (Å²) in [6.45, 7) is 0.812. The fraction of sp³-hybridized carbons (Fsp3) is 0.308. The van der Waals surface area contributed by atoms with Crippen LogP contribution in [0.2, 0.25) is 0 Å². The molecule has 7 heteroatoms. The standard InChI is InChI=1S/C26H26FN3O3/c27-21-10-5-4-9-18(21)14-30-24-19(15-29-22(24)11-6-12-23(29)32)20(16-31)25(30)26(33)28-13-17-7-2-1-3-8-17/h1-12,19-20,24-25,31H,13-16H2,(H,28,33)/t19-,20-,24+,25-/m1/s1. The van der Waals surface area contributed by atoms with Gasteiger partial charge in [-0.1, -0.05) is 54.6 Å². The molecule has 170 valence electrons. The molecular weight excluding hydrogens is 421 g/mol. The molecule has 2 aliphatic heterocycles. The lowest BCUT2D eigenvalue weighted by Crippen LogP contribution is -2.48. The molecule has 3 aromatic rings. The van der Waals surface area contributed by atoms with Crippen LogP contribution in [-0.4, -0.2) is 33.1 Å². The van der Waals surface area contributed by atoms with Crippen molar-refractivity contribution in [1.82, 2.24) is 14.8 Å². The van der Waals surface area contributed by atoms with Gasteiger partial charge < -0.3 is 15.0 Å². The van der Waals surface area contributed by atoms with Crippen molar-refractivity contribution in [2.75, 3.05) is 6.61 Å². The number of hydrogen-bond acceptors (Lipinski definition) is 4. The van der Waals surface area contributed by atoms with Gasteiger partial charge in [0.05, 0.1) is 12.1 Å². The third-order valence-electron chi connectivity index (χ3n) is 6.96. The van der Waals surface area contributed by atoms with Gasteiger partial charge in [-0.25, -0.2) is 4.39 Å². The van der Waals surface area contributed by atoms with Gasteiger partial charge >= 0.3 is 0 Å². The lowest BCUT2D eigenvalue weighted by atomic mass is 9.88. The third kappa shape index (κ3) is 3.87. The van der Waals surface area contributed by atoms with Crippen LogP contribution < -0.4 is 10.9 Å². The molecule has 0 unspecified atom stereocenters. The molecule has 0 saturated carbocycles. The summed E-state index contributed by atoms with van der Waals surface area (Å²) in [5.41, 5.74) is 2.16. The molecule has 0 aliphatic carbocycles. The number of likely N-dealkylation sites (tertiary alicyclic amines) is 1. The van der Waals surface area contributed by atoms with Gasteiger partial charge in [0.1, 0.15) is 5.82 Å². The van der Waals surface area contributed by atoms with Crippen LogP contribution in [0.4, 0.5) is 4.39 Å². The van der Waals surface area contributed by atoms with Crippen LogP contribution in [0.25, 0.3) is 0 Å². The van der Waals surface area contributed by atoms with Gasteiger partial charge in [0, 0.05) is 55.4 Å². The SMILES string of the molecule is O=C(NCc1ccccc1)[C@H]1[C@H](CO)[C@H]2Cn3c(cccc3=O)[C@H]2N1Cc1ccccc1F. The molecule has 0 bridgehead atoms. The number of pyridine rings is 1. The van der Waals surface area contributed by atoms with Crippen molar-refractivity contribution in [1.29, 1.82) is 0 Å². The van der Waals surface area contributed by atoms with Crippen LogP contribution in [-0.2, 0) is 24.4 Å². The van der Waals surface area contributed by atoms with E-state index in [-0.39, 0.29) is 48.3 Å². The second-order valence-electron chi connectivity index (χ2n) is 8.77. The minimum atomic E-state index is -0.641. The Bertz CT molecular complexity index is 1210. The van der Waals surface area contributed by atoms with Crippen molar-refractivity contribution < 1.29 is 14.3 Å². The highest BCUT2D eigenvalue weighted by molar-refractivity contribution is 5.82. The predicted octanol–water partition coefficient (Wildman–Crippen LogP) is 2.47. The highest BCUT2D eigenvalue weighted by atomic mass is 19.1. The van der Waals surface area contributed by atoms with E-state index < -0.39 is 6.04 Å². The Kier molecular flexibility index (Phi) is 5.83. The number of carbonyl (C=O) groups is 1. The average molecular weight is 448 g/mol. The summed E-state index contributed by atoms with van der Waals surface area (Å²) in [6, 6.07) is 20.4. The molecule has 3 heterocycles. The van der Waals surface area contributed by atoms with Crippen LogP contribution in [0.1, 0.15) is 22.9 Å². The van der Waals surface area contributed by atoms with Crippen molar-refractivity contribution in [2.24, 2.45) is 11.8 Å². The van der Waals surface area contributed by atoms with Crippen LogP contribution in [0.3, 0.4) is 0 Å². The van der Waals surface area contributed by atoms with E-state index in [1.165, 1.54) is 12.1 Å². The molecule has 0 spiro atoms. The first-order chi connectivity index (χ1) is 16.1. The van der Waals surface area contributed by atoms with Crippen LogP contribution >= 0.6 is 0 Å². The molecular formula is C26H26FN3O3. The zero-order valence-electron chi connectivity index (χ0n) is 18.1. The summed E-state index contributed by atoms with van der Waals surface area (Å²) >= 11 is 0. The molecule has 2 aromatic carbocycles. The molecule has 1 fully saturated rings. The van der Waals surface area contributed by atoms with Gasteiger partial charge in [0.15, 0.2) is 0 Å². The van der Waals surface area contributed by atoms with E-state index >= 15 is 0 Å². The number of carbonyl (C=O) groups excluding carboxylic acids is 1. The number of fused-ring (bicyclic) bond motifs is 3. The maximum atomic E-state index is 14.6. The fourth-order valence-corrected chi connectivity index (χ4v) is 5.45. The van der Waals surface area contributed by atoms with Gasteiger partial charge in [-0.05, 0) is 17.7 Å². The van der Waals surface area contributed by atoms with Gasteiger partial charge in [-0.2, -0.15) is 0 Å². The number of aliphatic hydroxyl groups is 1. The Labute approximate surface area is 191 Å². The normalized spacial score (nSPS) is 23.8. The third-order valence-corrected chi connectivity index (χ3v) is 6.96. The Morgan fingerprint density at radius 2 is 1.79 bits per heavy atom. The van der Waals surface area contributed by atoms with E-state index in [9.17, 15) is 19.1 Å².